The molecule has 2 N–H and O–H groups in total. The van der Waals surface area contributed by atoms with Crippen LogP contribution in [0.2, 0.25) is 0 Å². The van der Waals surface area contributed by atoms with Crippen LogP contribution in [-0.4, -0.2) is 24.0 Å². The van der Waals surface area contributed by atoms with Gasteiger partial charge in [0.15, 0.2) is 0 Å². The molecule has 0 saturated carbocycles. The van der Waals surface area contributed by atoms with E-state index in [1.165, 1.54) is 11.0 Å². The quantitative estimate of drug-likeness (QED) is 0.315. The number of hydrogen-bond donors (Lipinski definition) is 2. The molecule has 1 rings (SSSR count). The van der Waals surface area contributed by atoms with E-state index in [0.717, 1.165) is 31.4 Å². The fourth-order valence-corrected chi connectivity index (χ4v) is 1.94. The Morgan fingerprint density at radius 1 is 1.10 bits per heavy atom. The summed E-state index contributed by atoms with van der Waals surface area (Å²) in [4.78, 5) is 21.9. The number of ether oxygens (including phenoxy) is 1. The normalized spacial score (nSPS) is 10.1. The highest BCUT2D eigenvalue weighted by molar-refractivity contribution is 6.35. The summed E-state index contributed by atoms with van der Waals surface area (Å²) in [5, 5.41) is 8.28. The first-order valence-corrected chi connectivity index (χ1v) is 6.77. The van der Waals surface area contributed by atoms with Crippen molar-refractivity contribution in [1.29, 1.82) is 0 Å². The first-order chi connectivity index (χ1) is 9.67. The van der Waals surface area contributed by atoms with Gasteiger partial charge in [0, 0.05) is 6.42 Å². The Labute approximate surface area is 118 Å². The van der Waals surface area contributed by atoms with Crippen molar-refractivity contribution in [2.75, 3.05) is 7.11 Å². The number of amides is 1. The van der Waals surface area contributed by atoms with Gasteiger partial charge in [-0.3, -0.25) is 14.8 Å². The topological polar surface area (TPSA) is 75.6 Å². The third-order valence-electron chi connectivity index (χ3n) is 3.13. The zero-order valence-corrected chi connectivity index (χ0v) is 11.7. The van der Waals surface area contributed by atoms with Gasteiger partial charge in [-0.15, -0.1) is 0 Å². The number of nitrogens with one attached hydrogen (secondary N) is 1. The summed E-state index contributed by atoms with van der Waals surface area (Å²) in [5.74, 6) is -0.639. The number of carbonyl (C=O) groups excluding carboxylic acids is 2. The first kappa shape index (κ1) is 16.2. The van der Waals surface area contributed by atoms with Crippen LogP contribution in [0.1, 0.15) is 37.7 Å². The zero-order valence-electron chi connectivity index (χ0n) is 11.7. The van der Waals surface area contributed by atoms with E-state index in [2.05, 4.69) is 0 Å². The molecule has 0 heterocycles. The number of aryl methyl sites for hydroxylation is 1. The van der Waals surface area contributed by atoms with Crippen LogP contribution in [-0.2, 0) is 16.0 Å². The van der Waals surface area contributed by atoms with Gasteiger partial charge in [0.1, 0.15) is 5.75 Å². The number of hydrogen-bond acceptors (Lipinski definition) is 4. The van der Waals surface area contributed by atoms with Crippen molar-refractivity contribution in [3.8, 4) is 5.75 Å². The molecule has 0 radical (unpaired) electrons. The van der Waals surface area contributed by atoms with Gasteiger partial charge in [-0.1, -0.05) is 25.0 Å². The van der Waals surface area contributed by atoms with E-state index in [1.807, 2.05) is 24.3 Å². The number of Topliss-reactive ketones (excluding diaryl/α,β-unsaturated/α-hetero) is 1. The second kappa shape index (κ2) is 9.09. The highest BCUT2D eigenvalue weighted by atomic mass is 16.5. The number of methoxy groups -OCH3 is 1. The van der Waals surface area contributed by atoms with E-state index in [4.69, 9.17) is 9.94 Å². The summed E-state index contributed by atoms with van der Waals surface area (Å²) in [6.45, 7) is 0. The lowest BCUT2D eigenvalue weighted by atomic mass is 10.0. The van der Waals surface area contributed by atoms with Gasteiger partial charge in [-0.25, -0.2) is 5.48 Å². The Kier molecular flexibility index (Phi) is 7.35. The van der Waals surface area contributed by atoms with Crippen LogP contribution in [0, 0.1) is 0 Å². The van der Waals surface area contributed by atoms with E-state index in [9.17, 15) is 9.59 Å². The number of ketones is 1. The molecule has 1 amide bonds. The highest BCUT2D eigenvalue weighted by Crippen LogP contribution is 2.14. The Morgan fingerprint density at radius 2 is 1.75 bits per heavy atom. The van der Waals surface area contributed by atoms with Gasteiger partial charge < -0.3 is 4.74 Å². The molecule has 5 heteroatoms. The summed E-state index contributed by atoms with van der Waals surface area (Å²) in [5.41, 5.74) is 2.61. The van der Waals surface area contributed by atoms with Crippen LogP contribution in [0.15, 0.2) is 24.3 Å². The van der Waals surface area contributed by atoms with E-state index in [0.29, 0.717) is 6.42 Å². The number of benzene rings is 1. The van der Waals surface area contributed by atoms with Gasteiger partial charge in [0.05, 0.1) is 7.11 Å². The lowest BCUT2D eigenvalue weighted by molar-refractivity contribution is -0.143. The summed E-state index contributed by atoms with van der Waals surface area (Å²) in [6, 6.07) is 7.99. The van der Waals surface area contributed by atoms with Crippen LogP contribution in [0.25, 0.3) is 0 Å². The molecule has 0 aliphatic carbocycles. The highest BCUT2D eigenvalue weighted by Gasteiger charge is 2.10. The summed E-state index contributed by atoms with van der Waals surface area (Å²) >= 11 is 0. The Morgan fingerprint density at radius 3 is 2.35 bits per heavy atom. The Bertz CT molecular complexity index is 428. The van der Waals surface area contributed by atoms with Gasteiger partial charge in [-0.2, -0.15) is 0 Å². The largest absolute Gasteiger partial charge is 0.497 e. The Balaban J connectivity index is 2.10. The molecule has 0 unspecified atom stereocenters. The smallest absolute Gasteiger partial charge is 0.310 e. The molecule has 5 nitrogen and oxygen atoms in total. The molecule has 0 saturated heterocycles. The molecule has 0 bridgehead atoms. The lowest BCUT2D eigenvalue weighted by Gasteiger charge is -2.04. The molecule has 0 spiro atoms. The molecule has 0 fully saturated rings. The average molecular weight is 279 g/mol. The van der Waals surface area contributed by atoms with Crippen LogP contribution < -0.4 is 10.2 Å². The summed E-state index contributed by atoms with van der Waals surface area (Å²) in [7, 11) is 1.65. The Hall–Kier alpha value is -1.88. The standard InChI is InChI=1S/C15H21NO4/c1-20-13-10-8-12(9-11-13)6-4-2-3-5-7-14(17)15(18)16-19/h8-11,19H,2-7H2,1H3,(H,16,18). The molecule has 0 atom stereocenters. The monoisotopic (exact) mass is 279 g/mol. The zero-order chi connectivity index (χ0) is 14.8. The SMILES string of the molecule is COc1ccc(CCCCCCC(=O)C(=O)NO)cc1. The lowest BCUT2D eigenvalue weighted by Crippen LogP contribution is -2.27. The van der Waals surface area contributed by atoms with E-state index in [-0.39, 0.29) is 6.42 Å². The van der Waals surface area contributed by atoms with Crippen molar-refractivity contribution >= 4 is 11.7 Å². The van der Waals surface area contributed by atoms with Crippen molar-refractivity contribution in [3.63, 3.8) is 0 Å². The van der Waals surface area contributed by atoms with Crippen LogP contribution in [0.4, 0.5) is 0 Å². The molecule has 0 aliphatic rings. The van der Waals surface area contributed by atoms with Gasteiger partial charge >= 0.3 is 5.91 Å². The number of rotatable bonds is 9. The number of carbonyl (C=O) groups is 2. The van der Waals surface area contributed by atoms with Crippen molar-refractivity contribution in [3.05, 3.63) is 29.8 Å². The van der Waals surface area contributed by atoms with Crippen LogP contribution >= 0.6 is 0 Å². The molecular weight excluding hydrogens is 258 g/mol. The predicted molar refractivity (Wildman–Crippen MR) is 74.7 cm³/mol. The summed E-state index contributed by atoms with van der Waals surface area (Å²) in [6.07, 6.45) is 4.83. The molecule has 1 aromatic carbocycles. The van der Waals surface area contributed by atoms with Gasteiger partial charge in [0.2, 0.25) is 5.78 Å². The maximum absolute atomic E-state index is 11.1. The van der Waals surface area contributed by atoms with Crippen molar-refractivity contribution in [1.82, 2.24) is 5.48 Å². The van der Waals surface area contributed by atoms with Gasteiger partial charge in [0.25, 0.3) is 0 Å². The van der Waals surface area contributed by atoms with Crippen LogP contribution in [0.5, 0.6) is 5.75 Å². The minimum absolute atomic E-state index is 0.189. The molecule has 1 aromatic rings. The second-order valence-corrected chi connectivity index (χ2v) is 4.63. The molecule has 110 valence electrons. The molecule has 20 heavy (non-hydrogen) atoms. The van der Waals surface area contributed by atoms with E-state index < -0.39 is 11.7 Å². The fourth-order valence-electron chi connectivity index (χ4n) is 1.94. The van der Waals surface area contributed by atoms with Crippen LogP contribution in [0.3, 0.4) is 0 Å². The fraction of sp³-hybridized carbons (Fsp3) is 0.467. The first-order valence-electron chi connectivity index (χ1n) is 6.77. The van der Waals surface area contributed by atoms with Crippen molar-refractivity contribution in [2.24, 2.45) is 0 Å². The minimum Gasteiger partial charge on any atom is -0.497 e. The van der Waals surface area contributed by atoms with Crippen molar-refractivity contribution < 1.29 is 19.5 Å². The van der Waals surface area contributed by atoms with Gasteiger partial charge in [-0.05, 0) is 37.0 Å². The number of hydroxylamine groups is 1. The number of unbranched alkanes of at least 4 members (excludes halogenated alkanes) is 3. The average Bonchev–Trinajstić information content (AvgIpc) is 2.50. The molecule has 0 aromatic heterocycles. The maximum Gasteiger partial charge on any atom is 0.310 e. The molecular formula is C15H21NO4. The van der Waals surface area contributed by atoms with E-state index in [1.54, 1.807) is 7.11 Å². The third-order valence-corrected chi connectivity index (χ3v) is 3.13. The van der Waals surface area contributed by atoms with Crippen molar-refractivity contribution in [2.45, 2.75) is 38.5 Å². The third kappa shape index (κ3) is 5.84. The summed E-state index contributed by atoms with van der Waals surface area (Å²) < 4.78 is 5.10. The van der Waals surface area contributed by atoms with E-state index >= 15 is 0 Å². The minimum atomic E-state index is -0.928. The molecule has 0 aliphatic heterocycles. The maximum atomic E-state index is 11.1. The second-order valence-electron chi connectivity index (χ2n) is 4.63. The predicted octanol–water partition coefficient (Wildman–Crippen LogP) is 2.26.